The van der Waals surface area contributed by atoms with Gasteiger partial charge in [0.25, 0.3) is 0 Å². The van der Waals surface area contributed by atoms with Gasteiger partial charge in [0.15, 0.2) is 5.78 Å². The highest BCUT2D eigenvalue weighted by Crippen LogP contribution is 2.34. The summed E-state index contributed by atoms with van der Waals surface area (Å²) < 4.78 is 6.65. The summed E-state index contributed by atoms with van der Waals surface area (Å²) in [5.41, 5.74) is 2.09. The highest BCUT2D eigenvalue weighted by Gasteiger charge is 2.36. The molecule has 3 rings (SSSR count). The number of halogens is 1. The summed E-state index contributed by atoms with van der Waals surface area (Å²) in [5, 5.41) is 0. The Morgan fingerprint density at radius 1 is 1.12 bits per heavy atom. The molecular weight excluding hydrogens is 390 g/mol. The van der Waals surface area contributed by atoms with E-state index in [9.17, 15) is 4.79 Å². The molecule has 2 aromatic rings. The SMILES string of the molecule is CC=CN1CC(c2ccc(Br)cc2)C(=O)C(c2cccc(OCC)c2)C1. The minimum Gasteiger partial charge on any atom is -0.494 e. The van der Waals surface area contributed by atoms with E-state index < -0.39 is 0 Å². The summed E-state index contributed by atoms with van der Waals surface area (Å²) in [7, 11) is 0. The van der Waals surface area contributed by atoms with Crippen molar-refractivity contribution in [3.63, 3.8) is 0 Å². The van der Waals surface area contributed by atoms with E-state index in [4.69, 9.17) is 4.74 Å². The summed E-state index contributed by atoms with van der Waals surface area (Å²) in [6, 6.07) is 16.0. The Labute approximate surface area is 163 Å². The molecule has 0 aromatic heterocycles. The van der Waals surface area contributed by atoms with Crippen LogP contribution in [-0.4, -0.2) is 30.4 Å². The van der Waals surface area contributed by atoms with Crippen LogP contribution < -0.4 is 4.74 Å². The number of hydrogen-bond acceptors (Lipinski definition) is 3. The third-order valence-corrected chi connectivity index (χ3v) is 5.25. The van der Waals surface area contributed by atoms with Gasteiger partial charge in [-0.25, -0.2) is 0 Å². The average molecular weight is 414 g/mol. The summed E-state index contributed by atoms with van der Waals surface area (Å²) in [4.78, 5) is 15.6. The van der Waals surface area contributed by atoms with Crippen LogP contribution in [0.3, 0.4) is 0 Å². The van der Waals surface area contributed by atoms with Gasteiger partial charge in [-0.2, -0.15) is 0 Å². The molecule has 26 heavy (non-hydrogen) atoms. The number of Topliss-reactive ketones (excluding diaryl/α,β-unsaturated/α-hetero) is 1. The van der Waals surface area contributed by atoms with Gasteiger partial charge in [-0.1, -0.05) is 46.3 Å². The fraction of sp³-hybridized carbons (Fsp3) is 0.318. The number of ketones is 1. The minimum atomic E-state index is -0.158. The van der Waals surface area contributed by atoms with Gasteiger partial charge < -0.3 is 9.64 Å². The number of hydrogen-bond donors (Lipinski definition) is 0. The van der Waals surface area contributed by atoms with E-state index in [0.717, 1.165) is 21.3 Å². The second-order valence-electron chi connectivity index (χ2n) is 6.50. The van der Waals surface area contributed by atoms with Crippen molar-refractivity contribution in [1.82, 2.24) is 4.90 Å². The molecule has 1 heterocycles. The van der Waals surface area contributed by atoms with Crippen molar-refractivity contribution in [2.24, 2.45) is 0 Å². The molecule has 2 atom stereocenters. The molecule has 2 aromatic carbocycles. The first-order chi connectivity index (χ1) is 12.6. The van der Waals surface area contributed by atoms with E-state index in [1.807, 2.05) is 68.5 Å². The number of likely N-dealkylation sites (tertiary alicyclic amines) is 1. The van der Waals surface area contributed by atoms with E-state index in [1.165, 1.54) is 0 Å². The number of rotatable bonds is 5. The van der Waals surface area contributed by atoms with Crippen LogP contribution in [0.2, 0.25) is 0 Å². The van der Waals surface area contributed by atoms with E-state index >= 15 is 0 Å². The van der Waals surface area contributed by atoms with Gasteiger partial charge in [-0.15, -0.1) is 0 Å². The quantitative estimate of drug-likeness (QED) is 0.679. The number of nitrogens with zero attached hydrogens (tertiary/aromatic N) is 1. The van der Waals surface area contributed by atoms with Crippen molar-refractivity contribution in [1.29, 1.82) is 0 Å². The predicted octanol–water partition coefficient (Wildman–Crippen LogP) is 5.13. The van der Waals surface area contributed by atoms with Gasteiger partial charge in [-0.05, 0) is 55.4 Å². The van der Waals surface area contributed by atoms with Crippen molar-refractivity contribution < 1.29 is 9.53 Å². The van der Waals surface area contributed by atoms with E-state index in [2.05, 4.69) is 27.0 Å². The molecule has 3 nitrogen and oxygen atoms in total. The number of allylic oxidation sites excluding steroid dienone is 1. The van der Waals surface area contributed by atoms with E-state index in [1.54, 1.807) is 0 Å². The molecule has 0 amide bonds. The van der Waals surface area contributed by atoms with Crippen LogP contribution in [-0.2, 0) is 4.79 Å². The lowest BCUT2D eigenvalue weighted by molar-refractivity contribution is -0.124. The third kappa shape index (κ3) is 4.18. The van der Waals surface area contributed by atoms with Crippen LogP contribution in [0.25, 0.3) is 0 Å². The van der Waals surface area contributed by atoms with Crippen LogP contribution in [0.1, 0.15) is 36.8 Å². The number of benzene rings is 2. The number of carbonyl (C=O) groups is 1. The maximum absolute atomic E-state index is 13.3. The Balaban J connectivity index is 1.94. The van der Waals surface area contributed by atoms with Gasteiger partial charge >= 0.3 is 0 Å². The molecule has 1 fully saturated rings. The van der Waals surface area contributed by atoms with Crippen molar-refractivity contribution in [2.45, 2.75) is 25.7 Å². The molecule has 1 aliphatic rings. The summed E-state index contributed by atoms with van der Waals surface area (Å²) in [6.07, 6.45) is 4.11. The van der Waals surface area contributed by atoms with Gasteiger partial charge in [-0.3, -0.25) is 4.79 Å². The first kappa shape index (κ1) is 18.7. The summed E-state index contributed by atoms with van der Waals surface area (Å²) in [5.74, 6) is 0.811. The molecule has 0 radical (unpaired) electrons. The largest absolute Gasteiger partial charge is 0.494 e. The Morgan fingerprint density at radius 3 is 2.46 bits per heavy atom. The highest BCUT2D eigenvalue weighted by atomic mass is 79.9. The van der Waals surface area contributed by atoms with Crippen LogP contribution in [0.5, 0.6) is 5.75 Å². The molecule has 0 spiro atoms. The van der Waals surface area contributed by atoms with Gasteiger partial charge in [0.05, 0.1) is 18.4 Å². The van der Waals surface area contributed by atoms with E-state index in [0.29, 0.717) is 19.7 Å². The monoisotopic (exact) mass is 413 g/mol. The Bertz CT molecular complexity index is 785. The molecule has 0 aliphatic carbocycles. The van der Waals surface area contributed by atoms with Crippen LogP contribution >= 0.6 is 15.9 Å². The zero-order valence-corrected chi connectivity index (χ0v) is 16.8. The third-order valence-electron chi connectivity index (χ3n) is 4.72. The molecule has 4 heteroatoms. The van der Waals surface area contributed by atoms with Crippen LogP contribution in [0.4, 0.5) is 0 Å². The predicted molar refractivity (Wildman–Crippen MR) is 109 cm³/mol. The van der Waals surface area contributed by atoms with Crippen LogP contribution in [0.15, 0.2) is 65.3 Å². The van der Waals surface area contributed by atoms with Gasteiger partial charge in [0.1, 0.15) is 5.75 Å². The van der Waals surface area contributed by atoms with Crippen LogP contribution in [0, 0.1) is 0 Å². The topological polar surface area (TPSA) is 29.5 Å². The van der Waals surface area contributed by atoms with Gasteiger partial charge in [0, 0.05) is 17.6 Å². The molecule has 136 valence electrons. The minimum absolute atomic E-state index is 0.131. The summed E-state index contributed by atoms with van der Waals surface area (Å²) >= 11 is 3.47. The molecule has 1 saturated heterocycles. The first-order valence-corrected chi connectivity index (χ1v) is 9.80. The molecule has 0 bridgehead atoms. The molecular formula is C22H24BrNO2. The molecule has 0 N–H and O–H groups in total. The van der Waals surface area contributed by atoms with Gasteiger partial charge in [0.2, 0.25) is 0 Å². The fourth-order valence-electron chi connectivity index (χ4n) is 3.52. The highest BCUT2D eigenvalue weighted by molar-refractivity contribution is 9.10. The normalized spacial score (nSPS) is 20.6. The Kier molecular flexibility index (Phi) is 6.15. The zero-order valence-electron chi connectivity index (χ0n) is 15.2. The van der Waals surface area contributed by atoms with E-state index in [-0.39, 0.29) is 17.6 Å². The lowest BCUT2D eigenvalue weighted by Gasteiger charge is -2.36. The number of piperidine rings is 1. The molecule has 0 saturated carbocycles. The number of ether oxygens (including phenoxy) is 1. The smallest absolute Gasteiger partial charge is 0.151 e. The Morgan fingerprint density at radius 2 is 1.81 bits per heavy atom. The van der Waals surface area contributed by atoms with Crippen molar-refractivity contribution in [3.8, 4) is 5.75 Å². The fourth-order valence-corrected chi connectivity index (χ4v) is 3.79. The van der Waals surface area contributed by atoms with Crippen molar-refractivity contribution >= 4 is 21.7 Å². The Hall–Kier alpha value is -2.07. The molecule has 2 unspecified atom stereocenters. The standard InChI is InChI=1S/C22H24BrNO2/c1-3-12-24-14-20(16-8-10-18(23)11-9-16)22(25)21(15-24)17-6-5-7-19(13-17)26-4-2/h3,5-13,20-21H,4,14-15H2,1-2H3. The zero-order chi connectivity index (χ0) is 18.5. The lowest BCUT2D eigenvalue weighted by atomic mass is 9.80. The molecule has 1 aliphatic heterocycles. The maximum Gasteiger partial charge on any atom is 0.151 e. The average Bonchev–Trinajstić information content (AvgIpc) is 2.64. The first-order valence-electron chi connectivity index (χ1n) is 9.01. The van der Waals surface area contributed by atoms with Crippen molar-refractivity contribution in [2.75, 3.05) is 19.7 Å². The lowest BCUT2D eigenvalue weighted by Crippen LogP contribution is -2.42. The second-order valence-corrected chi connectivity index (χ2v) is 7.42. The maximum atomic E-state index is 13.3. The second kappa shape index (κ2) is 8.54. The van der Waals surface area contributed by atoms with Crippen molar-refractivity contribution in [3.05, 3.63) is 76.4 Å². The number of carbonyl (C=O) groups excluding carboxylic acids is 1. The summed E-state index contributed by atoms with van der Waals surface area (Å²) in [6.45, 7) is 6.01.